The molecule has 0 radical (unpaired) electrons. The Labute approximate surface area is 210 Å². The van der Waals surface area contributed by atoms with E-state index in [0.29, 0.717) is 44.0 Å². The molecule has 0 fully saturated rings. The fourth-order valence-corrected chi connectivity index (χ4v) is 3.97. The van der Waals surface area contributed by atoms with Crippen LogP contribution in [0.5, 0.6) is 5.75 Å². The zero-order valence-corrected chi connectivity index (χ0v) is 20.3. The van der Waals surface area contributed by atoms with Crippen LogP contribution >= 0.6 is 46.4 Å². The van der Waals surface area contributed by atoms with E-state index >= 15 is 0 Å². The van der Waals surface area contributed by atoms with Crippen LogP contribution < -0.4 is 10.1 Å². The summed E-state index contributed by atoms with van der Waals surface area (Å²) in [7, 11) is 0. The van der Waals surface area contributed by atoms with Crippen LogP contribution in [-0.2, 0) is 13.2 Å². The first-order valence-corrected chi connectivity index (χ1v) is 11.3. The molecule has 10 heteroatoms. The van der Waals surface area contributed by atoms with Crippen LogP contribution in [0.3, 0.4) is 0 Å². The maximum atomic E-state index is 12.6. The number of hydrogen-bond acceptors (Lipinski definition) is 4. The summed E-state index contributed by atoms with van der Waals surface area (Å²) in [5.41, 5.74) is 1.71. The number of nitrogens with one attached hydrogen (secondary N) is 1. The molecular formula is C23H17Cl4N3O3. The summed E-state index contributed by atoms with van der Waals surface area (Å²) in [5.74, 6) is 1.02. The van der Waals surface area contributed by atoms with Gasteiger partial charge in [-0.3, -0.25) is 9.48 Å². The smallest absolute Gasteiger partial charge is 0.292 e. The highest BCUT2D eigenvalue weighted by atomic mass is 35.5. The van der Waals surface area contributed by atoms with Gasteiger partial charge in [-0.15, -0.1) is 0 Å². The number of benzene rings is 2. The third kappa shape index (κ3) is 5.84. The highest BCUT2D eigenvalue weighted by molar-refractivity contribution is 6.35. The van der Waals surface area contributed by atoms with Crippen LogP contribution in [0.4, 0.5) is 5.82 Å². The fraction of sp³-hybridized carbons (Fsp3) is 0.130. The molecule has 0 spiro atoms. The van der Waals surface area contributed by atoms with Crippen molar-refractivity contribution in [3.63, 3.8) is 0 Å². The summed E-state index contributed by atoms with van der Waals surface area (Å²) >= 11 is 24.2. The Balaban J connectivity index is 1.38. The molecule has 0 aliphatic heterocycles. The predicted octanol–water partition coefficient (Wildman–Crippen LogP) is 7.28. The molecule has 0 aliphatic rings. The number of amides is 1. The number of nitrogens with zero attached hydrogens (tertiary/aromatic N) is 2. The lowest BCUT2D eigenvalue weighted by atomic mass is 10.2. The van der Waals surface area contributed by atoms with Gasteiger partial charge < -0.3 is 14.5 Å². The van der Waals surface area contributed by atoms with Crippen molar-refractivity contribution in [2.45, 2.75) is 20.1 Å². The Morgan fingerprint density at radius 2 is 1.73 bits per heavy atom. The first kappa shape index (κ1) is 23.5. The highest BCUT2D eigenvalue weighted by Crippen LogP contribution is 2.28. The van der Waals surface area contributed by atoms with Crippen molar-refractivity contribution in [2.75, 3.05) is 5.32 Å². The van der Waals surface area contributed by atoms with Crippen molar-refractivity contribution < 1.29 is 13.9 Å². The van der Waals surface area contributed by atoms with Gasteiger partial charge in [0, 0.05) is 26.8 Å². The topological polar surface area (TPSA) is 69.3 Å². The Morgan fingerprint density at radius 1 is 1.00 bits per heavy atom. The first-order chi connectivity index (χ1) is 15.8. The van der Waals surface area contributed by atoms with Crippen LogP contribution in [0, 0.1) is 6.92 Å². The molecule has 0 aliphatic carbocycles. The second kappa shape index (κ2) is 10.1. The number of carbonyl (C=O) groups excluding carboxylic acids is 1. The molecule has 1 amide bonds. The molecule has 0 saturated heterocycles. The van der Waals surface area contributed by atoms with E-state index in [0.717, 1.165) is 11.3 Å². The lowest BCUT2D eigenvalue weighted by Gasteiger charge is -2.07. The molecule has 0 saturated carbocycles. The van der Waals surface area contributed by atoms with Gasteiger partial charge in [-0.1, -0.05) is 52.5 Å². The number of hydrogen-bond donors (Lipinski definition) is 1. The molecule has 4 aromatic rings. The van der Waals surface area contributed by atoms with E-state index in [1.807, 2.05) is 13.0 Å². The van der Waals surface area contributed by atoms with E-state index in [4.69, 9.17) is 55.6 Å². The number of rotatable bonds is 7. The summed E-state index contributed by atoms with van der Waals surface area (Å²) in [6.07, 6.45) is 0. The van der Waals surface area contributed by atoms with Gasteiger partial charge >= 0.3 is 0 Å². The molecule has 2 heterocycles. The third-order valence-electron chi connectivity index (χ3n) is 4.71. The van der Waals surface area contributed by atoms with E-state index in [1.54, 1.807) is 53.2 Å². The summed E-state index contributed by atoms with van der Waals surface area (Å²) in [6, 6.07) is 15.2. The quantitative estimate of drug-likeness (QED) is 0.276. The number of anilines is 1. The molecule has 33 heavy (non-hydrogen) atoms. The van der Waals surface area contributed by atoms with Crippen LogP contribution in [0.25, 0.3) is 0 Å². The zero-order chi connectivity index (χ0) is 23.5. The van der Waals surface area contributed by atoms with Crippen molar-refractivity contribution in [3.05, 3.63) is 97.5 Å². The minimum Gasteiger partial charge on any atom is -0.484 e. The molecule has 6 nitrogen and oxygen atoms in total. The molecule has 0 unspecified atom stereocenters. The number of halogens is 4. The number of aryl methyl sites for hydroxylation is 1. The lowest BCUT2D eigenvalue weighted by Crippen LogP contribution is -2.12. The van der Waals surface area contributed by atoms with Gasteiger partial charge in [-0.2, -0.15) is 5.10 Å². The molecule has 0 bridgehead atoms. The van der Waals surface area contributed by atoms with Crippen molar-refractivity contribution in [3.8, 4) is 5.75 Å². The standard InChI is InChI=1S/C23H17Cl4N3O3/c1-13-8-22(29-30(13)11-14-2-3-15(24)9-18(14)26)28-23(31)21-7-5-17(33-21)12-32-20-6-4-16(25)10-19(20)27/h2-10H,11-12H2,1H3,(H,28,29,31). The van der Waals surface area contributed by atoms with E-state index in [2.05, 4.69) is 10.4 Å². The van der Waals surface area contributed by atoms with Crippen molar-refractivity contribution in [2.24, 2.45) is 0 Å². The summed E-state index contributed by atoms with van der Waals surface area (Å²) in [4.78, 5) is 12.6. The van der Waals surface area contributed by atoms with Gasteiger partial charge in [0.25, 0.3) is 5.91 Å². The Morgan fingerprint density at radius 3 is 2.45 bits per heavy atom. The summed E-state index contributed by atoms with van der Waals surface area (Å²) in [5, 5.41) is 9.18. The maximum Gasteiger partial charge on any atom is 0.292 e. The fourth-order valence-electron chi connectivity index (χ4n) is 3.04. The molecule has 2 aromatic heterocycles. The molecule has 1 N–H and O–H groups in total. The number of ether oxygens (including phenoxy) is 1. The number of aromatic nitrogens is 2. The minimum absolute atomic E-state index is 0.101. The van der Waals surface area contributed by atoms with Crippen LogP contribution in [0.2, 0.25) is 20.1 Å². The van der Waals surface area contributed by atoms with Crippen LogP contribution in [0.15, 0.2) is 59.0 Å². The van der Waals surface area contributed by atoms with Crippen molar-refractivity contribution in [1.29, 1.82) is 0 Å². The molecule has 0 atom stereocenters. The van der Waals surface area contributed by atoms with Gasteiger partial charge in [-0.25, -0.2) is 0 Å². The normalized spacial score (nSPS) is 10.9. The van der Waals surface area contributed by atoms with Crippen LogP contribution in [-0.4, -0.2) is 15.7 Å². The summed E-state index contributed by atoms with van der Waals surface area (Å²) < 4.78 is 13.0. The predicted molar refractivity (Wildman–Crippen MR) is 130 cm³/mol. The minimum atomic E-state index is -0.431. The second-order valence-electron chi connectivity index (χ2n) is 7.15. The van der Waals surface area contributed by atoms with E-state index < -0.39 is 5.91 Å². The number of carbonyl (C=O) groups is 1. The summed E-state index contributed by atoms with van der Waals surface area (Å²) in [6.45, 7) is 2.42. The maximum absolute atomic E-state index is 12.6. The molecule has 170 valence electrons. The Kier molecular flexibility index (Phi) is 7.20. The van der Waals surface area contributed by atoms with E-state index in [1.165, 1.54) is 0 Å². The Hall–Kier alpha value is -2.64. The molecule has 2 aromatic carbocycles. The zero-order valence-electron chi connectivity index (χ0n) is 17.2. The average molecular weight is 525 g/mol. The third-order valence-corrected chi connectivity index (χ3v) is 5.82. The SMILES string of the molecule is Cc1cc(NC(=O)c2ccc(COc3ccc(Cl)cc3Cl)o2)nn1Cc1ccc(Cl)cc1Cl. The van der Waals surface area contributed by atoms with E-state index in [9.17, 15) is 4.79 Å². The second-order valence-corrected chi connectivity index (χ2v) is 8.84. The Bertz CT molecular complexity index is 1320. The van der Waals surface area contributed by atoms with Crippen molar-refractivity contribution in [1.82, 2.24) is 9.78 Å². The van der Waals surface area contributed by atoms with Crippen molar-refractivity contribution >= 4 is 58.1 Å². The van der Waals surface area contributed by atoms with Crippen LogP contribution in [0.1, 0.15) is 27.6 Å². The largest absolute Gasteiger partial charge is 0.484 e. The monoisotopic (exact) mass is 523 g/mol. The van der Waals surface area contributed by atoms with Gasteiger partial charge in [-0.05, 0) is 55.0 Å². The molecular weight excluding hydrogens is 508 g/mol. The average Bonchev–Trinajstić information content (AvgIpc) is 3.36. The first-order valence-electron chi connectivity index (χ1n) is 9.75. The molecule has 4 rings (SSSR count). The van der Waals surface area contributed by atoms with Gasteiger partial charge in [0.1, 0.15) is 18.1 Å². The van der Waals surface area contributed by atoms with Gasteiger partial charge in [0.05, 0.1) is 11.6 Å². The van der Waals surface area contributed by atoms with E-state index in [-0.39, 0.29) is 12.4 Å². The van der Waals surface area contributed by atoms with Gasteiger partial charge in [0.15, 0.2) is 11.6 Å². The highest BCUT2D eigenvalue weighted by Gasteiger charge is 2.15. The lowest BCUT2D eigenvalue weighted by molar-refractivity contribution is 0.0992. The number of furan rings is 1. The van der Waals surface area contributed by atoms with Gasteiger partial charge in [0.2, 0.25) is 0 Å².